The number of carbonyl (C=O) groups is 2. The van der Waals surface area contributed by atoms with E-state index in [1.54, 1.807) is 13.2 Å². The van der Waals surface area contributed by atoms with E-state index in [2.05, 4.69) is 9.88 Å². The van der Waals surface area contributed by atoms with Crippen molar-refractivity contribution in [2.24, 2.45) is 0 Å². The lowest BCUT2D eigenvalue weighted by atomic mass is 9.78. The van der Waals surface area contributed by atoms with Crippen molar-refractivity contribution >= 4 is 35.5 Å². The number of nitrogens with one attached hydrogen (secondary N) is 1. The molecule has 0 saturated carbocycles. The maximum atomic E-state index is 14.9. The average molecular weight is 678 g/mol. The monoisotopic (exact) mass is 677 g/mol. The van der Waals surface area contributed by atoms with E-state index in [4.69, 9.17) is 18.8 Å². The van der Waals surface area contributed by atoms with Crippen LogP contribution in [0, 0.1) is 5.82 Å². The van der Waals surface area contributed by atoms with Gasteiger partial charge in [0.15, 0.2) is 0 Å². The first-order chi connectivity index (χ1) is 23.1. The highest BCUT2D eigenvalue weighted by Gasteiger charge is 2.51. The largest absolute Gasteiger partial charge is 0.494 e. The quantitative estimate of drug-likeness (QED) is 0.188. The Labute approximate surface area is 290 Å². The number of aromatic nitrogens is 1. The molecule has 2 aromatic carbocycles. The van der Waals surface area contributed by atoms with E-state index in [-0.39, 0.29) is 24.1 Å². The van der Waals surface area contributed by atoms with Crippen LogP contribution in [0.1, 0.15) is 91.3 Å². The number of methoxy groups -OCH3 is 1. The van der Waals surface area contributed by atoms with E-state index in [0.29, 0.717) is 38.0 Å². The molecule has 11 heteroatoms. The summed E-state index contributed by atoms with van der Waals surface area (Å²) in [6.07, 6.45) is 2.55. The van der Waals surface area contributed by atoms with Gasteiger partial charge in [-0.25, -0.2) is 9.18 Å². The molecule has 266 valence electrons. The number of hydrogen-bond acceptors (Lipinski definition) is 6. The topological polar surface area (TPSA) is 91.3 Å². The smallest absolute Gasteiger partial charge is 0.444 e. The Balaban J connectivity index is 1.31. The van der Waals surface area contributed by atoms with Crippen LogP contribution >= 0.6 is 0 Å². The van der Waals surface area contributed by atoms with Crippen molar-refractivity contribution in [3.8, 4) is 0 Å². The van der Waals surface area contributed by atoms with Gasteiger partial charge in [-0.05, 0) is 103 Å². The van der Waals surface area contributed by atoms with Crippen LogP contribution in [-0.2, 0) is 36.5 Å². The van der Waals surface area contributed by atoms with Crippen LogP contribution in [0.5, 0.6) is 0 Å². The van der Waals surface area contributed by atoms with Crippen molar-refractivity contribution in [3.05, 3.63) is 65.6 Å². The zero-order valence-corrected chi connectivity index (χ0v) is 30.4. The Morgan fingerprint density at radius 2 is 1.78 bits per heavy atom. The van der Waals surface area contributed by atoms with Gasteiger partial charge in [0.2, 0.25) is 5.91 Å². The highest BCUT2D eigenvalue weighted by Crippen LogP contribution is 2.37. The number of likely N-dealkylation sites (tertiary alicyclic amines) is 1. The van der Waals surface area contributed by atoms with Crippen molar-refractivity contribution < 1.29 is 32.8 Å². The van der Waals surface area contributed by atoms with Gasteiger partial charge in [0.25, 0.3) is 0 Å². The molecule has 2 fully saturated rings. The molecule has 2 atom stereocenters. The van der Waals surface area contributed by atoms with Gasteiger partial charge >= 0.3 is 13.2 Å². The minimum Gasteiger partial charge on any atom is -0.444 e. The number of piperidine rings is 1. The molecule has 2 aliphatic heterocycles. The van der Waals surface area contributed by atoms with Gasteiger partial charge in [0.05, 0.1) is 16.7 Å². The van der Waals surface area contributed by atoms with Crippen LogP contribution < -0.4 is 10.8 Å². The van der Waals surface area contributed by atoms with Crippen molar-refractivity contribution in [2.75, 3.05) is 26.8 Å². The summed E-state index contributed by atoms with van der Waals surface area (Å²) in [6, 6.07) is 14.6. The second kappa shape index (κ2) is 14.8. The number of alkyl carbamates (subject to hydrolysis) is 1. The standard InChI is InChI=1S/C38H53BFN3O6/c1-36(2,3)47-35(45)41-29(22-26-15-17-28(18-16-26)39-48-37(4,5)38(6,7)49-39)23-34(44)42-19-10-12-27(25-42)33-24-30-31(40)13-9-14-32(30)43(33)20-11-21-46-8/h9,13-18,24,27,29H,10-12,19-23,25H2,1-8H3,(H,41,45). The summed E-state index contributed by atoms with van der Waals surface area (Å²) in [5.41, 5.74) is 2.22. The number of benzene rings is 2. The van der Waals surface area contributed by atoms with Crippen molar-refractivity contribution in [2.45, 2.75) is 116 Å². The lowest BCUT2D eigenvalue weighted by molar-refractivity contribution is -0.132. The van der Waals surface area contributed by atoms with E-state index in [1.165, 1.54) is 6.07 Å². The maximum absolute atomic E-state index is 14.9. The van der Waals surface area contributed by atoms with E-state index in [9.17, 15) is 14.0 Å². The average Bonchev–Trinajstić information content (AvgIpc) is 3.50. The summed E-state index contributed by atoms with van der Waals surface area (Å²) in [5.74, 6) is -0.215. The second-order valence-electron chi connectivity index (χ2n) is 15.5. The summed E-state index contributed by atoms with van der Waals surface area (Å²) < 4.78 is 40.4. The van der Waals surface area contributed by atoms with Crippen LogP contribution in [0.25, 0.3) is 10.9 Å². The number of aryl methyl sites for hydroxylation is 1. The van der Waals surface area contributed by atoms with Crippen molar-refractivity contribution in [1.29, 1.82) is 0 Å². The first-order valence-corrected chi connectivity index (χ1v) is 17.6. The fraction of sp³-hybridized carbons (Fsp3) is 0.579. The first-order valence-electron chi connectivity index (χ1n) is 17.6. The Bertz CT molecular complexity index is 1600. The van der Waals surface area contributed by atoms with Gasteiger partial charge in [-0.3, -0.25) is 4.79 Å². The van der Waals surface area contributed by atoms with E-state index >= 15 is 0 Å². The van der Waals surface area contributed by atoms with Crippen molar-refractivity contribution in [1.82, 2.24) is 14.8 Å². The number of nitrogens with zero attached hydrogens (tertiary/aromatic N) is 2. The third kappa shape index (κ3) is 8.85. The van der Waals surface area contributed by atoms with E-state index < -0.39 is 36.1 Å². The maximum Gasteiger partial charge on any atom is 0.494 e. The number of rotatable bonds is 11. The molecular formula is C38H53BFN3O6. The van der Waals surface area contributed by atoms with E-state index in [1.807, 2.05) is 89.8 Å². The molecule has 0 radical (unpaired) electrons. The van der Waals surface area contributed by atoms with Gasteiger partial charge < -0.3 is 33.6 Å². The molecule has 2 saturated heterocycles. The summed E-state index contributed by atoms with van der Waals surface area (Å²) in [6.45, 7) is 16.0. The fourth-order valence-electron chi connectivity index (χ4n) is 6.73. The number of halogens is 1. The first kappa shape index (κ1) is 36.9. The number of ether oxygens (including phenoxy) is 2. The number of fused-ring (bicyclic) bond motifs is 1. The molecule has 0 bridgehead atoms. The zero-order valence-electron chi connectivity index (χ0n) is 30.4. The Morgan fingerprint density at radius 1 is 1.08 bits per heavy atom. The number of amides is 2. The molecule has 1 N–H and O–H groups in total. The molecule has 0 spiro atoms. The fourth-order valence-corrected chi connectivity index (χ4v) is 6.73. The lowest BCUT2D eigenvalue weighted by Crippen LogP contribution is -2.46. The molecule has 2 unspecified atom stereocenters. The van der Waals surface area contributed by atoms with Gasteiger partial charge in [0.1, 0.15) is 11.4 Å². The zero-order chi connectivity index (χ0) is 35.6. The predicted octanol–water partition coefficient (Wildman–Crippen LogP) is 6.35. The molecule has 3 heterocycles. The normalized spacial score (nSPS) is 19.7. The van der Waals surface area contributed by atoms with Gasteiger partial charge in [-0.15, -0.1) is 0 Å². The highest BCUT2D eigenvalue weighted by molar-refractivity contribution is 6.62. The number of hydrogen-bond donors (Lipinski definition) is 1. The minimum atomic E-state index is -0.676. The van der Waals surface area contributed by atoms with Crippen LogP contribution in [0.3, 0.4) is 0 Å². The summed E-state index contributed by atoms with van der Waals surface area (Å²) >= 11 is 0. The molecule has 1 aromatic heterocycles. The molecule has 9 nitrogen and oxygen atoms in total. The Morgan fingerprint density at radius 3 is 2.43 bits per heavy atom. The molecule has 2 amide bonds. The molecule has 5 rings (SSSR count). The van der Waals surface area contributed by atoms with Gasteiger partial charge in [-0.1, -0.05) is 30.3 Å². The third-order valence-corrected chi connectivity index (χ3v) is 9.98. The minimum absolute atomic E-state index is 0.0344. The summed E-state index contributed by atoms with van der Waals surface area (Å²) in [5, 5.41) is 3.57. The summed E-state index contributed by atoms with van der Waals surface area (Å²) in [7, 11) is 1.21. The number of carbonyl (C=O) groups excluding carboxylic acids is 2. The van der Waals surface area contributed by atoms with Crippen LogP contribution in [0.4, 0.5) is 9.18 Å². The van der Waals surface area contributed by atoms with Crippen LogP contribution in [0.2, 0.25) is 0 Å². The molecular weight excluding hydrogens is 624 g/mol. The molecule has 0 aliphatic carbocycles. The van der Waals surface area contributed by atoms with Crippen LogP contribution in [0.15, 0.2) is 48.5 Å². The third-order valence-electron chi connectivity index (χ3n) is 9.98. The Hall–Kier alpha value is -3.41. The molecule has 2 aliphatic rings. The highest BCUT2D eigenvalue weighted by atomic mass is 19.1. The van der Waals surface area contributed by atoms with Crippen LogP contribution in [-0.4, -0.2) is 78.2 Å². The molecule has 3 aromatic rings. The van der Waals surface area contributed by atoms with Gasteiger partial charge in [0, 0.05) is 62.8 Å². The lowest BCUT2D eigenvalue weighted by Gasteiger charge is -2.34. The predicted molar refractivity (Wildman–Crippen MR) is 191 cm³/mol. The van der Waals surface area contributed by atoms with Gasteiger partial charge in [-0.2, -0.15) is 0 Å². The van der Waals surface area contributed by atoms with Crippen molar-refractivity contribution in [3.63, 3.8) is 0 Å². The Kier molecular flexibility index (Phi) is 11.2. The molecule has 49 heavy (non-hydrogen) atoms. The van der Waals surface area contributed by atoms with E-state index in [0.717, 1.165) is 41.5 Å². The summed E-state index contributed by atoms with van der Waals surface area (Å²) in [4.78, 5) is 28.8. The SMILES string of the molecule is COCCCn1c(C2CCCN(C(=O)CC(Cc3ccc(B4OC(C)(C)C(C)(C)O4)cc3)NC(=O)OC(C)(C)C)C2)cc2c(F)cccc21. The second-order valence-corrected chi connectivity index (χ2v) is 15.5.